The van der Waals surface area contributed by atoms with Crippen LogP contribution in [0, 0.1) is 5.41 Å². The van der Waals surface area contributed by atoms with Crippen LogP contribution in [0.1, 0.15) is 49.0 Å². The highest BCUT2D eigenvalue weighted by atomic mass is 16.1. The molecule has 0 unspecified atom stereocenters. The summed E-state index contributed by atoms with van der Waals surface area (Å²) in [5.41, 5.74) is 8.16. The fourth-order valence-corrected chi connectivity index (χ4v) is 4.78. The van der Waals surface area contributed by atoms with Gasteiger partial charge in [0.2, 0.25) is 5.95 Å². The lowest BCUT2D eigenvalue weighted by atomic mass is 9.71. The van der Waals surface area contributed by atoms with Crippen LogP contribution in [0.5, 0.6) is 0 Å². The molecule has 1 saturated carbocycles. The first-order valence-corrected chi connectivity index (χ1v) is 11.6. The zero-order chi connectivity index (χ0) is 22.1. The Labute approximate surface area is 188 Å². The molecular weight excluding hydrogens is 404 g/mol. The molecule has 32 heavy (non-hydrogen) atoms. The Morgan fingerprint density at radius 1 is 1.03 bits per heavy atom. The van der Waals surface area contributed by atoms with E-state index in [1.54, 1.807) is 0 Å². The van der Waals surface area contributed by atoms with Crippen LogP contribution < -0.4 is 21.3 Å². The van der Waals surface area contributed by atoms with E-state index in [4.69, 9.17) is 5.73 Å². The summed E-state index contributed by atoms with van der Waals surface area (Å²) in [5.74, 6) is 0.103. The fraction of sp³-hybridized carbons (Fsp3) is 0.565. The second kappa shape index (κ2) is 8.54. The van der Waals surface area contributed by atoms with Gasteiger partial charge in [0, 0.05) is 30.5 Å². The standard InChI is InChI=1S/C23H32N8O/c1-30-12-8-23(9-13-30)10-14-31(15-11-23)18-6-4-17(5-7-18)26-22-27-21(25-16-2-3-16)19(20(24)32)28-29-22/h4-7,16H,2-3,8-15H2,1H3,(H2,24,32)(H2,25,26,27,29). The number of carbonyl (C=O) groups excluding carboxylic acids is 1. The van der Waals surface area contributed by atoms with Gasteiger partial charge >= 0.3 is 0 Å². The highest BCUT2D eigenvalue weighted by Crippen LogP contribution is 2.42. The third-order valence-corrected chi connectivity index (χ3v) is 7.20. The average Bonchev–Trinajstić information content (AvgIpc) is 3.61. The van der Waals surface area contributed by atoms with Crippen LogP contribution in [0.3, 0.4) is 0 Å². The van der Waals surface area contributed by atoms with E-state index in [-0.39, 0.29) is 5.69 Å². The Bertz CT molecular complexity index is 956. The molecule has 0 radical (unpaired) electrons. The quantitative estimate of drug-likeness (QED) is 0.633. The minimum atomic E-state index is -0.632. The number of nitrogens with one attached hydrogen (secondary N) is 2. The number of rotatable bonds is 6. The fourth-order valence-electron chi connectivity index (χ4n) is 4.78. The minimum absolute atomic E-state index is 0.0743. The summed E-state index contributed by atoms with van der Waals surface area (Å²) in [6.45, 7) is 4.70. The normalized spacial score (nSPS) is 20.8. The van der Waals surface area contributed by atoms with Gasteiger partial charge in [-0.2, -0.15) is 4.98 Å². The number of nitrogens with two attached hydrogens (primary N) is 1. The molecule has 1 amide bonds. The first-order valence-electron chi connectivity index (χ1n) is 11.6. The van der Waals surface area contributed by atoms with Gasteiger partial charge in [0.25, 0.3) is 5.91 Å². The number of hydrogen-bond acceptors (Lipinski definition) is 8. The highest BCUT2D eigenvalue weighted by molar-refractivity contribution is 5.95. The molecular formula is C23H32N8O. The zero-order valence-corrected chi connectivity index (χ0v) is 18.7. The lowest BCUT2D eigenvalue weighted by Crippen LogP contribution is -2.46. The Kier molecular flexibility index (Phi) is 5.58. The number of piperidine rings is 2. The van der Waals surface area contributed by atoms with Crippen molar-refractivity contribution in [3.05, 3.63) is 30.0 Å². The van der Waals surface area contributed by atoms with Gasteiger partial charge in [-0.15, -0.1) is 10.2 Å². The van der Waals surface area contributed by atoms with Crippen molar-refractivity contribution >= 4 is 29.0 Å². The van der Waals surface area contributed by atoms with Crippen molar-refractivity contribution in [2.75, 3.05) is 48.8 Å². The minimum Gasteiger partial charge on any atom is -0.371 e. The highest BCUT2D eigenvalue weighted by Gasteiger charge is 2.36. The molecule has 9 nitrogen and oxygen atoms in total. The van der Waals surface area contributed by atoms with E-state index < -0.39 is 5.91 Å². The number of likely N-dealkylation sites (tertiary alicyclic amines) is 1. The van der Waals surface area contributed by atoms with Crippen LogP contribution in [-0.2, 0) is 0 Å². The molecule has 2 aliphatic heterocycles. The molecule has 5 rings (SSSR count). The van der Waals surface area contributed by atoms with Crippen LogP contribution in [0.2, 0.25) is 0 Å². The van der Waals surface area contributed by atoms with Crippen molar-refractivity contribution < 1.29 is 4.79 Å². The van der Waals surface area contributed by atoms with Gasteiger partial charge in [0.15, 0.2) is 11.5 Å². The predicted molar refractivity (Wildman–Crippen MR) is 125 cm³/mol. The van der Waals surface area contributed by atoms with Crippen LogP contribution in [0.4, 0.5) is 23.1 Å². The maximum atomic E-state index is 11.6. The van der Waals surface area contributed by atoms with Crippen LogP contribution in [0.25, 0.3) is 0 Å². The second-order valence-electron chi connectivity index (χ2n) is 9.58. The SMILES string of the molecule is CN1CCC2(CC1)CCN(c1ccc(Nc3nnc(C(N)=O)c(NC4CC4)n3)cc1)CC2. The van der Waals surface area contributed by atoms with Gasteiger partial charge in [-0.25, -0.2) is 0 Å². The van der Waals surface area contributed by atoms with Crippen LogP contribution >= 0.6 is 0 Å². The number of nitrogens with zero attached hydrogens (tertiary/aromatic N) is 5. The summed E-state index contributed by atoms with van der Waals surface area (Å²) in [5, 5.41) is 14.4. The number of amides is 1. The van der Waals surface area contributed by atoms with Crippen molar-refractivity contribution in [2.45, 2.75) is 44.6 Å². The maximum absolute atomic E-state index is 11.6. The number of benzene rings is 1. The van der Waals surface area contributed by atoms with Gasteiger partial charge in [-0.3, -0.25) is 4.79 Å². The molecule has 1 aromatic carbocycles. The average molecular weight is 437 g/mol. The molecule has 0 bridgehead atoms. The summed E-state index contributed by atoms with van der Waals surface area (Å²) in [6, 6.07) is 8.69. The van der Waals surface area contributed by atoms with E-state index in [1.807, 2.05) is 12.1 Å². The zero-order valence-electron chi connectivity index (χ0n) is 18.7. The summed E-state index contributed by atoms with van der Waals surface area (Å²) in [6.07, 6.45) is 7.34. The van der Waals surface area contributed by atoms with E-state index in [0.29, 0.717) is 23.2 Å². The summed E-state index contributed by atoms with van der Waals surface area (Å²) >= 11 is 0. The first kappa shape index (κ1) is 20.9. The molecule has 4 N–H and O–H groups in total. The summed E-state index contributed by atoms with van der Waals surface area (Å²) in [7, 11) is 2.23. The smallest absolute Gasteiger partial charge is 0.273 e. The van der Waals surface area contributed by atoms with Crippen molar-refractivity contribution in [2.24, 2.45) is 11.1 Å². The number of aromatic nitrogens is 3. The number of carbonyl (C=O) groups is 1. The molecule has 1 spiro atoms. The van der Waals surface area contributed by atoms with E-state index in [0.717, 1.165) is 31.6 Å². The Morgan fingerprint density at radius 2 is 1.69 bits per heavy atom. The molecule has 1 aromatic heterocycles. The maximum Gasteiger partial charge on any atom is 0.273 e. The monoisotopic (exact) mass is 436 g/mol. The van der Waals surface area contributed by atoms with E-state index in [9.17, 15) is 4.79 Å². The molecule has 170 valence electrons. The topological polar surface area (TPSA) is 112 Å². The molecule has 2 saturated heterocycles. The first-order chi connectivity index (χ1) is 15.5. The lowest BCUT2D eigenvalue weighted by molar-refractivity contribution is 0.0945. The predicted octanol–water partition coefficient (Wildman–Crippen LogP) is 2.60. The Hall–Kier alpha value is -2.94. The third-order valence-electron chi connectivity index (χ3n) is 7.20. The molecule has 9 heteroatoms. The molecule has 3 aliphatic rings. The van der Waals surface area contributed by atoms with Gasteiger partial charge in [0.1, 0.15) is 0 Å². The molecule has 3 heterocycles. The van der Waals surface area contributed by atoms with Gasteiger partial charge < -0.3 is 26.2 Å². The van der Waals surface area contributed by atoms with Crippen LogP contribution in [0.15, 0.2) is 24.3 Å². The van der Waals surface area contributed by atoms with Crippen LogP contribution in [-0.4, -0.2) is 65.3 Å². The van der Waals surface area contributed by atoms with Crippen molar-refractivity contribution in [3.8, 4) is 0 Å². The molecule has 3 fully saturated rings. The van der Waals surface area contributed by atoms with Gasteiger partial charge in [-0.1, -0.05) is 0 Å². The van der Waals surface area contributed by atoms with E-state index in [1.165, 1.54) is 44.5 Å². The van der Waals surface area contributed by atoms with Gasteiger partial charge in [-0.05, 0) is 88.3 Å². The molecule has 0 atom stereocenters. The Morgan fingerprint density at radius 3 is 2.31 bits per heavy atom. The largest absolute Gasteiger partial charge is 0.371 e. The van der Waals surface area contributed by atoms with Crippen molar-refractivity contribution in [3.63, 3.8) is 0 Å². The van der Waals surface area contributed by atoms with Crippen molar-refractivity contribution in [1.29, 1.82) is 0 Å². The van der Waals surface area contributed by atoms with E-state index >= 15 is 0 Å². The summed E-state index contributed by atoms with van der Waals surface area (Å²) in [4.78, 5) is 21.0. The third kappa shape index (κ3) is 4.62. The number of primary amides is 1. The molecule has 2 aromatic rings. The number of hydrogen-bond donors (Lipinski definition) is 3. The van der Waals surface area contributed by atoms with E-state index in [2.05, 4.69) is 54.8 Å². The second-order valence-corrected chi connectivity index (χ2v) is 9.58. The summed E-state index contributed by atoms with van der Waals surface area (Å²) < 4.78 is 0. The Balaban J connectivity index is 1.21. The number of anilines is 4. The lowest BCUT2D eigenvalue weighted by Gasteiger charge is -2.46. The van der Waals surface area contributed by atoms with Crippen molar-refractivity contribution in [1.82, 2.24) is 20.1 Å². The van der Waals surface area contributed by atoms with Gasteiger partial charge in [0.05, 0.1) is 0 Å². The molecule has 1 aliphatic carbocycles.